The zero-order chi connectivity index (χ0) is 16.7. The van der Waals surface area contributed by atoms with Crippen LogP contribution < -0.4 is 10.6 Å². The molecule has 0 amide bonds. The standard InChI is InChI=1S/C18H31N3O2.HI/c1-4-19-17(20-12-15-8-5-7-14(2)11-15)21-13-18(3,22)16-9-6-10-23-16;/h6,9-10,14-15,22H,4-5,7-8,11-13H2,1-3H3,(H2,19,20,21);1H. The molecule has 0 aliphatic heterocycles. The lowest BCUT2D eigenvalue weighted by molar-refractivity contribution is 0.0437. The Bertz CT molecular complexity index is 488. The fourth-order valence-electron chi connectivity index (χ4n) is 3.22. The van der Waals surface area contributed by atoms with Gasteiger partial charge in [-0.15, -0.1) is 24.0 Å². The Balaban J connectivity index is 0.00000288. The minimum absolute atomic E-state index is 0. The van der Waals surface area contributed by atoms with Gasteiger partial charge in [0.1, 0.15) is 11.4 Å². The molecule has 138 valence electrons. The number of aliphatic imine (C=N–C) groups is 1. The first-order chi connectivity index (χ1) is 11.0. The Morgan fingerprint density at radius 3 is 2.83 bits per heavy atom. The third-order valence-corrected chi connectivity index (χ3v) is 4.54. The molecule has 1 heterocycles. The van der Waals surface area contributed by atoms with Crippen molar-refractivity contribution >= 4 is 29.9 Å². The summed E-state index contributed by atoms with van der Waals surface area (Å²) >= 11 is 0. The topological polar surface area (TPSA) is 69.8 Å². The predicted molar refractivity (Wildman–Crippen MR) is 109 cm³/mol. The van der Waals surface area contributed by atoms with Crippen LogP contribution in [0.5, 0.6) is 0 Å². The quantitative estimate of drug-likeness (QED) is 0.353. The Kier molecular flexibility index (Phi) is 9.12. The molecule has 0 bridgehead atoms. The molecular formula is C18H32IN3O2. The minimum atomic E-state index is -1.09. The number of rotatable bonds is 6. The fraction of sp³-hybridized carbons (Fsp3) is 0.722. The Hall–Kier alpha value is -0.760. The molecule has 3 N–H and O–H groups in total. The minimum Gasteiger partial charge on any atom is -0.466 e. The largest absolute Gasteiger partial charge is 0.466 e. The van der Waals surface area contributed by atoms with E-state index in [-0.39, 0.29) is 30.5 Å². The second-order valence-electron chi connectivity index (χ2n) is 6.97. The fourth-order valence-corrected chi connectivity index (χ4v) is 3.22. The molecule has 5 nitrogen and oxygen atoms in total. The van der Waals surface area contributed by atoms with Crippen molar-refractivity contribution in [3.05, 3.63) is 24.2 Å². The summed E-state index contributed by atoms with van der Waals surface area (Å²) in [6.07, 6.45) is 6.84. The first-order valence-corrected chi connectivity index (χ1v) is 8.79. The molecule has 0 saturated heterocycles. The van der Waals surface area contributed by atoms with Gasteiger partial charge in [-0.05, 0) is 50.7 Å². The lowest BCUT2D eigenvalue weighted by atomic mass is 9.82. The maximum atomic E-state index is 10.5. The van der Waals surface area contributed by atoms with Crippen molar-refractivity contribution in [1.82, 2.24) is 10.6 Å². The van der Waals surface area contributed by atoms with Crippen molar-refractivity contribution in [2.24, 2.45) is 16.8 Å². The van der Waals surface area contributed by atoms with Crippen LogP contribution >= 0.6 is 24.0 Å². The lowest BCUT2D eigenvalue weighted by Gasteiger charge is -2.27. The average molecular weight is 449 g/mol. The highest BCUT2D eigenvalue weighted by Crippen LogP contribution is 2.27. The molecule has 3 unspecified atom stereocenters. The van der Waals surface area contributed by atoms with Gasteiger partial charge in [-0.25, -0.2) is 4.99 Å². The van der Waals surface area contributed by atoms with Crippen LogP contribution in [-0.2, 0) is 5.60 Å². The van der Waals surface area contributed by atoms with Crippen molar-refractivity contribution in [3.63, 3.8) is 0 Å². The summed E-state index contributed by atoms with van der Waals surface area (Å²) in [5.41, 5.74) is -1.09. The molecule has 24 heavy (non-hydrogen) atoms. The molecule has 3 atom stereocenters. The van der Waals surface area contributed by atoms with Gasteiger partial charge in [0.25, 0.3) is 0 Å². The summed E-state index contributed by atoms with van der Waals surface area (Å²) in [5, 5.41) is 17.2. The van der Waals surface area contributed by atoms with Crippen molar-refractivity contribution < 1.29 is 9.52 Å². The number of aliphatic hydroxyl groups is 1. The van der Waals surface area contributed by atoms with Crippen LogP contribution in [0, 0.1) is 11.8 Å². The van der Waals surface area contributed by atoms with E-state index < -0.39 is 5.60 Å². The SMILES string of the molecule is CCNC(=NCC(C)(O)c1ccco1)NCC1CCCC(C)C1.I. The summed E-state index contributed by atoms with van der Waals surface area (Å²) in [6, 6.07) is 3.56. The summed E-state index contributed by atoms with van der Waals surface area (Å²) in [7, 11) is 0. The first-order valence-electron chi connectivity index (χ1n) is 8.79. The zero-order valence-electron chi connectivity index (χ0n) is 15.0. The Morgan fingerprint density at radius 1 is 1.42 bits per heavy atom. The van der Waals surface area contributed by atoms with Crippen molar-refractivity contribution in [2.75, 3.05) is 19.6 Å². The van der Waals surface area contributed by atoms with Gasteiger partial charge >= 0.3 is 0 Å². The van der Waals surface area contributed by atoms with Gasteiger partial charge < -0.3 is 20.2 Å². The third-order valence-electron chi connectivity index (χ3n) is 4.54. The number of nitrogens with zero attached hydrogens (tertiary/aromatic N) is 1. The molecular weight excluding hydrogens is 417 g/mol. The Labute approximate surface area is 162 Å². The van der Waals surface area contributed by atoms with E-state index in [9.17, 15) is 5.11 Å². The average Bonchev–Trinajstić information content (AvgIpc) is 3.05. The first kappa shape index (κ1) is 21.3. The van der Waals surface area contributed by atoms with Crippen LogP contribution in [0.15, 0.2) is 27.8 Å². The Morgan fingerprint density at radius 2 is 2.21 bits per heavy atom. The monoisotopic (exact) mass is 449 g/mol. The second kappa shape index (κ2) is 10.3. The molecule has 1 aliphatic carbocycles. The van der Waals surface area contributed by atoms with Crippen LogP contribution in [0.1, 0.15) is 52.2 Å². The highest BCUT2D eigenvalue weighted by Gasteiger charge is 2.26. The molecule has 0 spiro atoms. The summed E-state index contributed by atoms with van der Waals surface area (Å²) in [4.78, 5) is 4.53. The number of guanidine groups is 1. The van der Waals surface area contributed by atoms with E-state index in [1.807, 2.05) is 6.92 Å². The maximum absolute atomic E-state index is 10.5. The van der Waals surface area contributed by atoms with Crippen molar-refractivity contribution in [2.45, 2.75) is 52.1 Å². The van der Waals surface area contributed by atoms with Gasteiger partial charge in [-0.2, -0.15) is 0 Å². The third kappa shape index (κ3) is 6.63. The summed E-state index contributed by atoms with van der Waals surface area (Å²) < 4.78 is 5.30. The molecule has 1 fully saturated rings. The lowest BCUT2D eigenvalue weighted by Crippen LogP contribution is -2.41. The van der Waals surface area contributed by atoms with Gasteiger partial charge in [0.15, 0.2) is 5.96 Å². The maximum Gasteiger partial charge on any atom is 0.191 e. The van der Waals surface area contributed by atoms with Crippen molar-refractivity contribution in [1.29, 1.82) is 0 Å². The number of nitrogens with one attached hydrogen (secondary N) is 2. The van der Waals surface area contributed by atoms with E-state index in [4.69, 9.17) is 4.42 Å². The predicted octanol–water partition coefficient (Wildman–Crippen LogP) is 3.49. The van der Waals surface area contributed by atoms with Crippen LogP contribution in [0.2, 0.25) is 0 Å². The number of hydrogen-bond acceptors (Lipinski definition) is 3. The molecule has 0 aromatic carbocycles. The number of hydrogen-bond donors (Lipinski definition) is 3. The highest BCUT2D eigenvalue weighted by molar-refractivity contribution is 14.0. The van der Waals surface area contributed by atoms with Gasteiger partial charge in [-0.1, -0.05) is 19.8 Å². The molecule has 2 rings (SSSR count). The van der Waals surface area contributed by atoms with Crippen molar-refractivity contribution in [3.8, 4) is 0 Å². The number of halogens is 1. The van der Waals surface area contributed by atoms with E-state index in [0.29, 0.717) is 11.7 Å². The highest BCUT2D eigenvalue weighted by atomic mass is 127. The molecule has 1 aromatic rings. The molecule has 1 aromatic heterocycles. The zero-order valence-corrected chi connectivity index (χ0v) is 17.4. The van der Waals surface area contributed by atoms with Crippen LogP contribution in [0.25, 0.3) is 0 Å². The number of furan rings is 1. The van der Waals surface area contributed by atoms with E-state index in [1.165, 1.54) is 25.7 Å². The smallest absolute Gasteiger partial charge is 0.191 e. The second-order valence-corrected chi connectivity index (χ2v) is 6.97. The van der Waals surface area contributed by atoms with Gasteiger partial charge in [-0.3, -0.25) is 0 Å². The summed E-state index contributed by atoms with van der Waals surface area (Å²) in [5.74, 6) is 2.85. The van der Waals surface area contributed by atoms with Gasteiger partial charge in [0.05, 0.1) is 12.8 Å². The summed E-state index contributed by atoms with van der Waals surface area (Å²) in [6.45, 7) is 8.12. The van der Waals surface area contributed by atoms with Crippen LogP contribution in [0.4, 0.5) is 0 Å². The van der Waals surface area contributed by atoms with E-state index >= 15 is 0 Å². The normalized spacial score (nSPS) is 23.9. The van der Waals surface area contributed by atoms with Gasteiger partial charge in [0, 0.05) is 13.1 Å². The van der Waals surface area contributed by atoms with Crippen LogP contribution in [0.3, 0.4) is 0 Å². The molecule has 1 aliphatic rings. The molecule has 0 radical (unpaired) electrons. The van der Waals surface area contributed by atoms with E-state index in [2.05, 4.69) is 22.5 Å². The van der Waals surface area contributed by atoms with E-state index in [0.717, 1.165) is 25.0 Å². The molecule has 1 saturated carbocycles. The molecule has 6 heteroatoms. The van der Waals surface area contributed by atoms with Gasteiger partial charge in [0.2, 0.25) is 0 Å². The van der Waals surface area contributed by atoms with E-state index in [1.54, 1.807) is 25.3 Å². The van der Waals surface area contributed by atoms with Crippen LogP contribution in [-0.4, -0.2) is 30.7 Å².